The summed E-state index contributed by atoms with van der Waals surface area (Å²) in [6.07, 6.45) is 21.9. The van der Waals surface area contributed by atoms with E-state index in [1.54, 1.807) is 0 Å². The largest absolute Gasteiger partial charge is 0.441 e. The summed E-state index contributed by atoms with van der Waals surface area (Å²) in [4.78, 5) is 0. The van der Waals surface area contributed by atoms with Gasteiger partial charge in [-0.1, -0.05) is 109 Å². The molecule has 0 saturated heterocycles. The highest BCUT2D eigenvalue weighted by Gasteiger charge is 2.23. The predicted octanol–water partition coefficient (Wildman–Crippen LogP) is 12.0. The summed E-state index contributed by atoms with van der Waals surface area (Å²) < 4.78 is 21.6. The highest BCUT2D eigenvalue weighted by Crippen LogP contribution is 2.40. The summed E-state index contributed by atoms with van der Waals surface area (Å²) in [5.41, 5.74) is 2.43. The monoisotopic (exact) mass is 522 g/mol. The maximum atomic E-state index is 15.3. The topological polar surface area (TPSA) is 13.1 Å². The Morgan fingerprint density at radius 2 is 1.41 bits per heavy atom. The number of unbranched alkanes of at least 4 members (excludes halogenated alkanes) is 9. The van der Waals surface area contributed by atoms with Crippen molar-refractivity contribution in [3.05, 3.63) is 52.0 Å². The molecule has 0 radical (unpaired) electrons. The molecule has 1 fully saturated rings. The van der Waals surface area contributed by atoms with E-state index < -0.39 is 0 Å². The van der Waals surface area contributed by atoms with Gasteiger partial charge in [-0.05, 0) is 85.2 Å². The van der Waals surface area contributed by atoms with Gasteiger partial charge in [-0.3, -0.25) is 0 Å². The van der Waals surface area contributed by atoms with E-state index in [4.69, 9.17) is 16.6 Å². The van der Waals surface area contributed by atoms with Crippen molar-refractivity contribution in [2.24, 2.45) is 5.92 Å². The van der Waals surface area contributed by atoms with Gasteiger partial charge >= 0.3 is 0 Å². The molecule has 1 aromatic heterocycles. The second kappa shape index (κ2) is 14.4. The maximum Gasteiger partial charge on any atom is 0.198 e. The van der Waals surface area contributed by atoms with Crippen LogP contribution in [-0.4, -0.2) is 0 Å². The Labute approximate surface area is 229 Å². The fraction of sp³-hybridized carbons (Fsp3) is 0.618. The van der Waals surface area contributed by atoms with Crippen molar-refractivity contribution < 1.29 is 8.81 Å². The minimum absolute atomic E-state index is 0.236. The van der Waals surface area contributed by atoms with Crippen molar-refractivity contribution in [3.63, 3.8) is 0 Å². The smallest absolute Gasteiger partial charge is 0.198 e. The highest BCUT2D eigenvalue weighted by atomic mass is 32.1. The van der Waals surface area contributed by atoms with Crippen LogP contribution >= 0.6 is 12.2 Å². The average Bonchev–Trinajstić information content (AvgIpc) is 2.92. The lowest BCUT2D eigenvalue weighted by Gasteiger charge is -2.29. The maximum absolute atomic E-state index is 15.3. The molecule has 0 unspecified atom stereocenters. The van der Waals surface area contributed by atoms with Gasteiger partial charge in [0.2, 0.25) is 0 Å². The number of rotatable bonds is 14. The van der Waals surface area contributed by atoms with Crippen molar-refractivity contribution in [2.75, 3.05) is 0 Å². The molecular weight excluding hydrogens is 475 g/mol. The Morgan fingerprint density at radius 1 is 0.757 bits per heavy atom. The first-order chi connectivity index (χ1) is 18.1. The summed E-state index contributed by atoms with van der Waals surface area (Å²) in [5, 5.41) is 2.80. The molecule has 3 heteroatoms. The van der Waals surface area contributed by atoms with E-state index in [9.17, 15) is 0 Å². The van der Waals surface area contributed by atoms with Crippen LogP contribution in [0.4, 0.5) is 4.39 Å². The average molecular weight is 523 g/mol. The lowest BCUT2D eigenvalue weighted by Crippen LogP contribution is -2.13. The minimum Gasteiger partial charge on any atom is -0.441 e. The minimum atomic E-state index is -0.236. The standard InChI is InChI=1S/C34H47FOS/c1-3-5-7-8-9-10-11-13-14-25-16-18-26(19-17-25)28-21-22-29-30-23-20-27(15-12-6-4-2)32(35)33(30)36-34(37)31(29)24-28/h20-26H,3-19H2,1-2H3. The van der Waals surface area contributed by atoms with Crippen molar-refractivity contribution in [3.8, 4) is 0 Å². The predicted molar refractivity (Wildman–Crippen MR) is 160 cm³/mol. The van der Waals surface area contributed by atoms with Crippen LogP contribution in [-0.2, 0) is 6.42 Å². The summed E-state index contributed by atoms with van der Waals surface area (Å²) in [5.74, 6) is 1.27. The highest BCUT2D eigenvalue weighted by molar-refractivity contribution is 7.71. The van der Waals surface area contributed by atoms with Gasteiger partial charge in [0.1, 0.15) is 0 Å². The first-order valence-electron chi connectivity index (χ1n) is 15.3. The van der Waals surface area contributed by atoms with E-state index in [-0.39, 0.29) is 5.82 Å². The molecule has 202 valence electrons. The number of hydrogen-bond acceptors (Lipinski definition) is 2. The van der Waals surface area contributed by atoms with Crippen LogP contribution in [0.2, 0.25) is 0 Å². The summed E-state index contributed by atoms with van der Waals surface area (Å²) in [6, 6.07) is 10.6. The zero-order valence-corrected chi connectivity index (χ0v) is 24.1. The van der Waals surface area contributed by atoms with E-state index in [1.165, 1.54) is 89.0 Å². The van der Waals surface area contributed by atoms with Crippen LogP contribution in [0.5, 0.6) is 0 Å². The van der Waals surface area contributed by atoms with E-state index in [0.717, 1.165) is 53.3 Å². The van der Waals surface area contributed by atoms with Gasteiger partial charge in [0.05, 0.1) is 0 Å². The molecular formula is C34H47FOS. The molecule has 1 aliphatic carbocycles. The molecule has 0 spiro atoms. The van der Waals surface area contributed by atoms with E-state index in [0.29, 0.717) is 16.2 Å². The molecule has 2 aromatic carbocycles. The van der Waals surface area contributed by atoms with E-state index >= 15 is 4.39 Å². The molecule has 0 N–H and O–H groups in total. The second-order valence-electron chi connectivity index (χ2n) is 11.5. The Morgan fingerprint density at radius 3 is 2.14 bits per heavy atom. The zero-order valence-electron chi connectivity index (χ0n) is 23.3. The molecule has 4 rings (SSSR count). The number of aryl methyl sites for hydroxylation is 1. The first kappa shape index (κ1) is 28.3. The lowest BCUT2D eigenvalue weighted by atomic mass is 9.76. The van der Waals surface area contributed by atoms with E-state index in [1.807, 2.05) is 12.1 Å². The third-order valence-corrected chi connectivity index (χ3v) is 9.06. The van der Waals surface area contributed by atoms with Crippen molar-refractivity contribution in [1.82, 2.24) is 0 Å². The van der Waals surface area contributed by atoms with Crippen molar-refractivity contribution in [2.45, 2.75) is 129 Å². The molecule has 0 aliphatic heterocycles. The molecule has 0 bridgehead atoms. The lowest BCUT2D eigenvalue weighted by molar-refractivity contribution is 0.302. The van der Waals surface area contributed by atoms with Crippen LogP contribution in [0.15, 0.2) is 34.7 Å². The van der Waals surface area contributed by atoms with Gasteiger partial charge in [-0.15, -0.1) is 0 Å². The fourth-order valence-corrected chi connectivity index (χ4v) is 6.64. The van der Waals surface area contributed by atoms with Crippen LogP contribution in [0.25, 0.3) is 21.7 Å². The third kappa shape index (κ3) is 7.43. The summed E-state index contributed by atoms with van der Waals surface area (Å²) >= 11 is 5.64. The van der Waals surface area contributed by atoms with Crippen LogP contribution in [0, 0.1) is 16.4 Å². The number of benzene rings is 2. The molecule has 0 atom stereocenters. The third-order valence-electron chi connectivity index (χ3n) is 8.76. The quantitative estimate of drug-likeness (QED) is 0.119. The van der Waals surface area contributed by atoms with Crippen molar-refractivity contribution in [1.29, 1.82) is 0 Å². The van der Waals surface area contributed by atoms with Crippen molar-refractivity contribution >= 4 is 34.0 Å². The Bertz CT molecular complexity index is 1190. The molecule has 0 amide bonds. The number of hydrogen-bond donors (Lipinski definition) is 0. The Hall–Kier alpha value is -1.74. The SMILES string of the molecule is CCCCCCCCCCC1CCC(c2ccc3c(c2)c(=S)oc2c(F)c(CCCCC)ccc23)CC1. The van der Waals surface area contributed by atoms with Gasteiger partial charge in [-0.2, -0.15) is 0 Å². The summed E-state index contributed by atoms with van der Waals surface area (Å²) in [6.45, 7) is 4.45. The Balaban J connectivity index is 1.35. The van der Waals surface area contributed by atoms with E-state index in [2.05, 4.69) is 32.0 Å². The van der Waals surface area contributed by atoms with Gasteiger partial charge in [-0.25, -0.2) is 4.39 Å². The van der Waals surface area contributed by atoms with Gasteiger partial charge in [0, 0.05) is 10.8 Å². The number of halogens is 1. The molecule has 1 saturated carbocycles. The fourth-order valence-electron chi connectivity index (χ4n) is 6.39. The van der Waals surface area contributed by atoms with Gasteiger partial charge in [0.25, 0.3) is 0 Å². The Kier molecular flexibility index (Phi) is 11.0. The molecule has 37 heavy (non-hydrogen) atoms. The second-order valence-corrected chi connectivity index (χ2v) is 11.9. The summed E-state index contributed by atoms with van der Waals surface area (Å²) in [7, 11) is 0. The van der Waals surface area contributed by atoms with Gasteiger partial charge in [0.15, 0.2) is 16.1 Å². The molecule has 1 nitrogen and oxygen atoms in total. The molecule has 1 heterocycles. The first-order valence-corrected chi connectivity index (χ1v) is 15.7. The zero-order chi connectivity index (χ0) is 26.0. The van der Waals surface area contributed by atoms with Gasteiger partial charge < -0.3 is 4.42 Å². The van der Waals surface area contributed by atoms with Crippen LogP contribution < -0.4 is 0 Å². The molecule has 1 aliphatic rings. The normalized spacial score (nSPS) is 18.1. The van der Waals surface area contributed by atoms with Crippen LogP contribution in [0.3, 0.4) is 0 Å². The molecule has 3 aromatic rings. The van der Waals surface area contributed by atoms with Crippen LogP contribution in [0.1, 0.15) is 134 Å². The number of fused-ring (bicyclic) bond motifs is 3.